The number of Topliss-reactive ketones (excluding diaryl/α,β-unsaturated/α-hetero) is 1. The lowest BCUT2D eigenvalue weighted by Crippen LogP contribution is -2.26. The molecule has 0 radical (unpaired) electrons. The van der Waals surface area contributed by atoms with Crippen molar-refractivity contribution in [3.05, 3.63) is 89.5 Å². The van der Waals surface area contributed by atoms with E-state index in [2.05, 4.69) is 36.7 Å². The molecule has 3 rings (SSSR count). The molecule has 3 aromatic carbocycles. The Labute approximate surface area is 207 Å². The van der Waals surface area contributed by atoms with E-state index in [-0.39, 0.29) is 22.4 Å². The highest BCUT2D eigenvalue weighted by Gasteiger charge is 2.25. The van der Waals surface area contributed by atoms with E-state index in [0.717, 1.165) is 5.69 Å². The van der Waals surface area contributed by atoms with Crippen molar-refractivity contribution in [1.82, 2.24) is 0 Å². The first-order valence-electron chi connectivity index (χ1n) is 11.6. The van der Waals surface area contributed by atoms with Crippen molar-refractivity contribution in [2.24, 2.45) is 5.41 Å². The molecule has 0 bridgehead atoms. The minimum atomic E-state index is -0.671. The molecule has 0 heterocycles. The normalized spacial score (nSPS) is 11.5. The lowest BCUT2D eigenvalue weighted by molar-refractivity contribution is 0.0858. The fourth-order valence-electron chi connectivity index (χ4n) is 3.49. The maximum atomic E-state index is 13.2. The molecule has 3 N–H and O–H groups in total. The first-order valence-corrected chi connectivity index (χ1v) is 11.6. The summed E-state index contributed by atoms with van der Waals surface area (Å²) in [5.74, 6) is -0.960. The van der Waals surface area contributed by atoms with Crippen LogP contribution in [-0.4, -0.2) is 23.1 Å². The summed E-state index contributed by atoms with van der Waals surface area (Å²) >= 11 is 0. The van der Waals surface area contributed by atoms with Crippen molar-refractivity contribution >= 4 is 34.7 Å². The minimum Gasteiger partial charge on any atom is -0.380 e. The maximum absolute atomic E-state index is 13.2. The number of ketones is 1. The highest BCUT2D eigenvalue weighted by Crippen LogP contribution is 2.24. The van der Waals surface area contributed by atoms with Gasteiger partial charge in [-0.1, -0.05) is 45.0 Å². The van der Waals surface area contributed by atoms with Crippen LogP contribution < -0.4 is 16.0 Å². The van der Waals surface area contributed by atoms with Crippen molar-refractivity contribution in [2.75, 3.05) is 16.0 Å². The summed E-state index contributed by atoms with van der Waals surface area (Å²) in [5.41, 5.74) is 2.07. The van der Waals surface area contributed by atoms with E-state index in [1.54, 1.807) is 45.0 Å². The number of para-hydroxylation sites is 1. The number of carbonyl (C=O) groups is 3. The van der Waals surface area contributed by atoms with E-state index in [4.69, 9.17) is 0 Å². The molecule has 0 fully saturated rings. The number of nitrogens with one attached hydrogen (secondary N) is 3. The third-order valence-corrected chi connectivity index (χ3v) is 5.07. The van der Waals surface area contributed by atoms with Gasteiger partial charge in [-0.15, -0.1) is 0 Å². The van der Waals surface area contributed by atoms with Crippen molar-refractivity contribution in [3.63, 3.8) is 0 Å². The summed E-state index contributed by atoms with van der Waals surface area (Å²) in [7, 11) is 0. The summed E-state index contributed by atoms with van der Waals surface area (Å²) in [6.45, 7) is 11.6. The summed E-state index contributed by atoms with van der Waals surface area (Å²) in [6, 6.07) is 21.0. The smallest absolute Gasteiger partial charge is 0.255 e. The number of amides is 2. The summed E-state index contributed by atoms with van der Waals surface area (Å²) < 4.78 is 0. The number of anilines is 3. The average molecular weight is 472 g/mol. The number of hydrogen-bond acceptors (Lipinski definition) is 4. The Hall–Kier alpha value is -3.93. The van der Waals surface area contributed by atoms with Gasteiger partial charge in [-0.05, 0) is 69.3 Å². The molecule has 35 heavy (non-hydrogen) atoms. The van der Waals surface area contributed by atoms with E-state index >= 15 is 0 Å². The van der Waals surface area contributed by atoms with Gasteiger partial charge in [0.05, 0.1) is 0 Å². The van der Waals surface area contributed by atoms with E-state index in [9.17, 15) is 14.4 Å². The molecule has 3 aromatic rings. The van der Waals surface area contributed by atoms with Crippen LogP contribution in [0.5, 0.6) is 0 Å². The van der Waals surface area contributed by atoms with Crippen LogP contribution in [0.2, 0.25) is 0 Å². The molecule has 0 aliphatic heterocycles. The molecule has 182 valence electrons. The third-order valence-electron chi connectivity index (χ3n) is 5.07. The predicted octanol–water partition coefficient (Wildman–Crippen LogP) is 6.63. The summed E-state index contributed by atoms with van der Waals surface area (Å²) in [5, 5.41) is 9.07. The fourth-order valence-corrected chi connectivity index (χ4v) is 3.49. The van der Waals surface area contributed by atoms with Gasteiger partial charge in [-0.2, -0.15) is 0 Å². The lowest BCUT2D eigenvalue weighted by atomic mass is 9.85. The van der Waals surface area contributed by atoms with Gasteiger partial charge in [0, 0.05) is 44.7 Å². The number of carbonyl (C=O) groups excluding carboxylic acids is 3. The van der Waals surface area contributed by atoms with Crippen LogP contribution in [0.3, 0.4) is 0 Å². The summed E-state index contributed by atoms with van der Waals surface area (Å²) in [6.07, 6.45) is 0. The first kappa shape index (κ1) is 25.7. The molecule has 0 saturated heterocycles. The SMILES string of the molecule is CC(C)(C)Nc1cccc(NC(=O)c2cc(C(=O)Nc3ccccc3)cc(C(=O)C(C)(C)C)c2)c1. The zero-order valence-electron chi connectivity index (χ0n) is 21.2. The zero-order chi connectivity index (χ0) is 25.8. The van der Waals surface area contributed by atoms with E-state index in [1.807, 2.05) is 36.4 Å². The van der Waals surface area contributed by atoms with Gasteiger partial charge in [0.25, 0.3) is 11.8 Å². The van der Waals surface area contributed by atoms with Crippen LogP contribution >= 0.6 is 0 Å². The number of benzene rings is 3. The van der Waals surface area contributed by atoms with Gasteiger partial charge >= 0.3 is 0 Å². The van der Waals surface area contributed by atoms with Gasteiger partial charge in [0.2, 0.25) is 0 Å². The lowest BCUT2D eigenvalue weighted by Gasteiger charge is -2.22. The van der Waals surface area contributed by atoms with Gasteiger partial charge in [-0.3, -0.25) is 14.4 Å². The monoisotopic (exact) mass is 471 g/mol. The van der Waals surface area contributed by atoms with Crippen molar-refractivity contribution < 1.29 is 14.4 Å². The third kappa shape index (κ3) is 7.27. The fraction of sp³-hybridized carbons (Fsp3) is 0.276. The van der Waals surface area contributed by atoms with Gasteiger partial charge in [0.15, 0.2) is 5.78 Å². The molecular formula is C29H33N3O3. The summed E-state index contributed by atoms with van der Waals surface area (Å²) in [4.78, 5) is 39.2. The topological polar surface area (TPSA) is 87.3 Å². The molecule has 0 unspecified atom stereocenters. The molecule has 0 aliphatic carbocycles. The van der Waals surface area contributed by atoms with Crippen LogP contribution in [0.4, 0.5) is 17.1 Å². The van der Waals surface area contributed by atoms with Crippen LogP contribution in [0.25, 0.3) is 0 Å². The second-order valence-corrected chi connectivity index (χ2v) is 10.6. The Balaban J connectivity index is 1.93. The maximum Gasteiger partial charge on any atom is 0.255 e. The Kier molecular flexibility index (Phi) is 7.44. The van der Waals surface area contributed by atoms with Crippen LogP contribution in [0.15, 0.2) is 72.8 Å². The highest BCUT2D eigenvalue weighted by molar-refractivity contribution is 6.12. The molecule has 0 aliphatic rings. The van der Waals surface area contributed by atoms with Crippen LogP contribution in [-0.2, 0) is 0 Å². The average Bonchev–Trinajstić information content (AvgIpc) is 2.77. The molecular weight excluding hydrogens is 438 g/mol. The van der Waals surface area contributed by atoms with Crippen LogP contribution in [0.1, 0.15) is 72.6 Å². The molecule has 0 atom stereocenters. The quantitative estimate of drug-likeness (QED) is 0.352. The minimum absolute atomic E-state index is 0.134. The van der Waals surface area contributed by atoms with Crippen molar-refractivity contribution in [1.29, 1.82) is 0 Å². The Morgan fingerprint density at radius 2 is 1.06 bits per heavy atom. The molecule has 2 amide bonds. The van der Waals surface area contributed by atoms with Crippen molar-refractivity contribution in [2.45, 2.75) is 47.1 Å². The molecule has 0 spiro atoms. The highest BCUT2D eigenvalue weighted by atomic mass is 16.2. The van der Waals surface area contributed by atoms with E-state index < -0.39 is 17.2 Å². The number of hydrogen-bond donors (Lipinski definition) is 3. The van der Waals surface area contributed by atoms with Crippen LogP contribution in [0, 0.1) is 5.41 Å². The first-order chi connectivity index (χ1) is 16.3. The van der Waals surface area contributed by atoms with Crippen molar-refractivity contribution in [3.8, 4) is 0 Å². The molecule has 0 aromatic heterocycles. The zero-order valence-corrected chi connectivity index (χ0v) is 21.2. The van der Waals surface area contributed by atoms with Gasteiger partial charge in [0.1, 0.15) is 0 Å². The Bertz CT molecular complexity index is 1240. The van der Waals surface area contributed by atoms with Gasteiger partial charge in [-0.25, -0.2) is 0 Å². The standard InChI is InChI=1S/C29H33N3O3/c1-28(2,3)25(33)19-15-20(26(34)30-22-11-8-7-9-12-22)17-21(16-19)27(35)31-23-13-10-14-24(18-23)32-29(4,5)6/h7-18,32H,1-6H3,(H,30,34)(H,31,35). The molecule has 6 nitrogen and oxygen atoms in total. The van der Waals surface area contributed by atoms with E-state index in [1.165, 1.54) is 12.1 Å². The molecule has 0 saturated carbocycles. The largest absolute Gasteiger partial charge is 0.380 e. The Morgan fingerprint density at radius 1 is 0.571 bits per heavy atom. The Morgan fingerprint density at radius 3 is 1.60 bits per heavy atom. The predicted molar refractivity (Wildman–Crippen MR) is 142 cm³/mol. The molecule has 6 heteroatoms. The number of rotatable bonds is 6. The van der Waals surface area contributed by atoms with E-state index in [0.29, 0.717) is 16.9 Å². The second kappa shape index (κ2) is 10.1. The second-order valence-electron chi connectivity index (χ2n) is 10.6. The van der Waals surface area contributed by atoms with Gasteiger partial charge < -0.3 is 16.0 Å².